The second-order valence-electron chi connectivity index (χ2n) is 5.12. The van der Waals surface area contributed by atoms with Crippen molar-refractivity contribution in [2.75, 3.05) is 7.11 Å². The molecule has 24 heavy (non-hydrogen) atoms. The number of methoxy groups -OCH3 is 1. The molecule has 8 heteroatoms. The summed E-state index contributed by atoms with van der Waals surface area (Å²) in [7, 11) is 1.24. The molecule has 1 atom stereocenters. The van der Waals surface area contributed by atoms with Crippen molar-refractivity contribution in [1.29, 1.82) is 0 Å². The first kappa shape index (κ1) is 15.5. The number of hydrogen-bond donors (Lipinski definition) is 4. The van der Waals surface area contributed by atoms with Gasteiger partial charge in [-0.05, 0) is 12.1 Å². The minimum absolute atomic E-state index is 0.0117. The molecular formula is C16H12O8. The number of benzene rings is 2. The number of aromatic hydroxyl groups is 4. The molecule has 0 saturated carbocycles. The third-order valence-corrected chi connectivity index (χ3v) is 3.58. The minimum atomic E-state index is -1.45. The van der Waals surface area contributed by atoms with Gasteiger partial charge in [-0.2, -0.15) is 0 Å². The number of rotatable bonds is 2. The maximum Gasteiger partial charge on any atom is 0.248 e. The van der Waals surface area contributed by atoms with Crippen molar-refractivity contribution in [1.82, 2.24) is 0 Å². The molecule has 4 N–H and O–H groups in total. The van der Waals surface area contributed by atoms with Gasteiger partial charge in [0.2, 0.25) is 17.3 Å². The smallest absolute Gasteiger partial charge is 0.248 e. The highest BCUT2D eigenvalue weighted by Gasteiger charge is 2.39. The van der Waals surface area contributed by atoms with E-state index in [1.165, 1.54) is 7.11 Å². The summed E-state index contributed by atoms with van der Waals surface area (Å²) < 4.78 is 10.2. The fourth-order valence-electron chi connectivity index (χ4n) is 2.53. The molecule has 0 spiro atoms. The summed E-state index contributed by atoms with van der Waals surface area (Å²) in [6.45, 7) is 0. The number of hydrogen-bond acceptors (Lipinski definition) is 8. The van der Waals surface area contributed by atoms with Crippen LogP contribution in [0, 0.1) is 0 Å². The zero-order chi connectivity index (χ0) is 17.6. The van der Waals surface area contributed by atoms with Crippen LogP contribution in [0.25, 0.3) is 0 Å². The molecule has 1 unspecified atom stereocenters. The summed E-state index contributed by atoms with van der Waals surface area (Å²) in [6, 6.07) is 4.22. The maximum absolute atomic E-state index is 12.3. The van der Waals surface area contributed by atoms with Crippen LogP contribution >= 0.6 is 0 Å². The molecule has 8 nitrogen and oxygen atoms in total. The average molecular weight is 332 g/mol. The second-order valence-corrected chi connectivity index (χ2v) is 5.12. The Bertz CT molecular complexity index is 848. The van der Waals surface area contributed by atoms with E-state index in [9.17, 15) is 30.0 Å². The lowest BCUT2D eigenvalue weighted by Crippen LogP contribution is -2.31. The van der Waals surface area contributed by atoms with E-state index in [0.29, 0.717) is 0 Å². The van der Waals surface area contributed by atoms with Crippen molar-refractivity contribution in [2.45, 2.75) is 6.10 Å². The molecule has 0 aliphatic carbocycles. The van der Waals surface area contributed by atoms with Gasteiger partial charge in [0.1, 0.15) is 22.8 Å². The first-order chi connectivity index (χ1) is 11.3. The molecule has 124 valence electrons. The van der Waals surface area contributed by atoms with Crippen LogP contribution in [0.2, 0.25) is 0 Å². The summed E-state index contributed by atoms with van der Waals surface area (Å²) in [4.78, 5) is 24.5. The zero-order valence-corrected chi connectivity index (χ0v) is 12.3. The van der Waals surface area contributed by atoms with Crippen LogP contribution < -0.4 is 9.47 Å². The number of Topliss-reactive ketones (excluding diaryl/α,β-unsaturated/α-hetero) is 2. The molecule has 0 saturated heterocycles. The van der Waals surface area contributed by atoms with Gasteiger partial charge in [-0.1, -0.05) is 0 Å². The summed E-state index contributed by atoms with van der Waals surface area (Å²) in [5.74, 6) is -4.20. The Hall–Kier alpha value is -3.42. The number of fused-ring (bicyclic) bond motifs is 1. The van der Waals surface area contributed by atoms with E-state index in [1.807, 2.05) is 0 Å². The third-order valence-electron chi connectivity index (χ3n) is 3.58. The Balaban J connectivity index is 2.11. The van der Waals surface area contributed by atoms with Crippen LogP contribution in [-0.2, 0) is 4.79 Å². The Morgan fingerprint density at radius 3 is 2.17 bits per heavy atom. The molecule has 2 aromatic rings. The summed E-state index contributed by atoms with van der Waals surface area (Å²) in [6.07, 6.45) is -1.45. The predicted octanol–water partition coefficient (Wildman–Crippen LogP) is 1.40. The quantitative estimate of drug-likeness (QED) is 0.606. The summed E-state index contributed by atoms with van der Waals surface area (Å²) >= 11 is 0. The Morgan fingerprint density at radius 1 is 0.958 bits per heavy atom. The predicted molar refractivity (Wildman–Crippen MR) is 78.8 cm³/mol. The molecule has 0 radical (unpaired) electrons. The van der Waals surface area contributed by atoms with E-state index in [0.717, 1.165) is 24.3 Å². The Labute approximate surface area is 135 Å². The van der Waals surface area contributed by atoms with Gasteiger partial charge in [-0.15, -0.1) is 0 Å². The van der Waals surface area contributed by atoms with Crippen LogP contribution in [0.1, 0.15) is 22.0 Å². The lowest BCUT2D eigenvalue weighted by atomic mass is 9.94. The summed E-state index contributed by atoms with van der Waals surface area (Å²) in [5.41, 5.74) is -0.339. The van der Waals surface area contributed by atoms with Gasteiger partial charge in [0.25, 0.3) is 0 Å². The number of ketones is 2. The first-order valence-electron chi connectivity index (χ1n) is 6.74. The second kappa shape index (κ2) is 5.34. The van der Waals surface area contributed by atoms with Gasteiger partial charge < -0.3 is 29.9 Å². The van der Waals surface area contributed by atoms with Crippen LogP contribution in [0.4, 0.5) is 0 Å². The molecule has 1 aliphatic heterocycles. The van der Waals surface area contributed by atoms with Crippen molar-refractivity contribution in [3.63, 3.8) is 0 Å². The molecule has 1 aliphatic rings. The number of phenolic OH excluding ortho intramolecular Hbond substituents is 4. The maximum atomic E-state index is 12.3. The van der Waals surface area contributed by atoms with Crippen molar-refractivity contribution in [3.8, 4) is 34.5 Å². The normalized spacial score (nSPS) is 16.5. The molecule has 3 rings (SSSR count). The topological polar surface area (TPSA) is 134 Å². The average Bonchev–Trinajstić information content (AvgIpc) is 2.49. The molecule has 0 aromatic heterocycles. The van der Waals surface area contributed by atoms with E-state index >= 15 is 0 Å². The molecule has 0 amide bonds. The first-order valence-corrected chi connectivity index (χ1v) is 6.74. The van der Waals surface area contributed by atoms with E-state index in [1.54, 1.807) is 0 Å². The summed E-state index contributed by atoms with van der Waals surface area (Å²) in [5, 5.41) is 38.9. The van der Waals surface area contributed by atoms with Crippen molar-refractivity contribution in [3.05, 3.63) is 35.4 Å². The van der Waals surface area contributed by atoms with Gasteiger partial charge in [0.15, 0.2) is 17.6 Å². The van der Waals surface area contributed by atoms with Crippen molar-refractivity contribution < 1.29 is 39.5 Å². The highest BCUT2D eigenvalue weighted by molar-refractivity contribution is 6.47. The number of phenols is 4. The van der Waals surface area contributed by atoms with E-state index in [4.69, 9.17) is 9.47 Å². The van der Waals surface area contributed by atoms with E-state index in [-0.39, 0.29) is 28.4 Å². The highest BCUT2D eigenvalue weighted by Crippen LogP contribution is 2.43. The molecule has 1 heterocycles. The van der Waals surface area contributed by atoms with Crippen molar-refractivity contribution in [2.24, 2.45) is 0 Å². The van der Waals surface area contributed by atoms with Gasteiger partial charge in [0, 0.05) is 17.7 Å². The van der Waals surface area contributed by atoms with Crippen molar-refractivity contribution >= 4 is 11.6 Å². The molecule has 0 fully saturated rings. The number of carbonyl (C=O) groups is 2. The SMILES string of the molecule is COc1c(O)cc(C2Oc3cc(O)cc(O)c3C(=O)C2=O)cc1O. The lowest BCUT2D eigenvalue weighted by Gasteiger charge is -2.25. The number of carbonyl (C=O) groups excluding carboxylic acids is 2. The molecule has 2 aromatic carbocycles. The van der Waals surface area contributed by atoms with Gasteiger partial charge in [-0.3, -0.25) is 9.59 Å². The van der Waals surface area contributed by atoms with E-state index in [2.05, 4.69) is 0 Å². The monoisotopic (exact) mass is 332 g/mol. The van der Waals surface area contributed by atoms with Gasteiger partial charge in [0.05, 0.1) is 7.11 Å². The third kappa shape index (κ3) is 2.24. The van der Waals surface area contributed by atoms with E-state index < -0.39 is 34.9 Å². The van der Waals surface area contributed by atoms with Crippen LogP contribution in [0.5, 0.6) is 34.5 Å². The Kier molecular flexibility index (Phi) is 3.44. The minimum Gasteiger partial charge on any atom is -0.508 e. The molecular weight excluding hydrogens is 320 g/mol. The highest BCUT2D eigenvalue weighted by atomic mass is 16.5. The molecule has 0 bridgehead atoms. The Morgan fingerprint density at radius 2 is 1.58 bits per heavy atom. The zero-order valence-electron chi connectivity index (χ0n) is 12.3. The number of ether oxygens (including phenoxy) is 2. The van der Waals surface area contributed by atoms with Crippen LogP contribution in [0.15, 0.2) is 24.3 Å². The van der Waals surface area contributed by atoms with Gasteiger partial charge in [-0.25, -0.2) is 0 Å². The van der Waals surface area contributed by atoms with Crippen LogP contribution in [-0.4, -0.2) is 39.1 Å². The standard InChI is InChI=1S/C16H12O8/c1-23-16-9(19)2-6(3-10(16)20)15-14(22)13(21)12-8(18)4-7(17)5-11(12)24-15/h2-5,15,17-20H,1H3. The largest absolute Gasteiger partial charge is 0.508 e. The van der Waals surface area contributed by atoms with Gasteiger partial charge >= 0.3 is 0 Å². The fourth-order valence-corrected chi connectivity index (χ4v) is 2.53. The van der Waals surface area contributed by atoms with Crippen LogP contribution in [0.3, 0.4) is 0 Å². The fraction of sp³-hybridized carbons (Fsp3) is 0.125. The lowest BCUT2D eigenvalue weighted by molar-refractivity contribution is -0.122.